The molecule has 0 saturated heterocycles. The van der Waals surface area contributed by atoms with Crippen molar-refractivity contribution in [3.63, 3.8) is 0 Å². The van der Waals surface area contributed by atoms with Gasteiger partial charge in [0.2, 0.25) is 5.91 Å². The van der Waals surface area contributed by atoms with Crippen LogP contribution >= 0.6 is 23.2 Å². The van der Waals surface area contributed by atoms with Gasteiger partial charge >= 0.3 is 5.97 Å². The zero-order valence-electron chi connectivity index (χ0n) is 20.5. The van der Waals surface area contributed by atoms with Gasteiger partial charge in [-0.25, -0.2) is 13.2 Å². The zero-order valence-corrected chi connectivity index (χ0v) is 22.8. The summed E-state index contributed by atoms with van der Waals surface area (Å²) in [6.07, 6.45) is 3.55. The number of carboxylic acid groups (broad SMARTS) is 1. The number of sulfone groups is 1. The molecule has 0 fully saturated rings. The molecule has 0 aliphatic carbocycles. The molecule has 0 aliphatic heterocycles. The number of carbonyl (C=O) groups is 3. The number of aromatic hydroxyl groups is 1. The van der Waals surface area contributed by atoms with Crippen LogP contribution in [-0.4, -0.2) is 48.7 Å². The Labute approximate surface area is 235 Å². The quantitative estimate of drug-likeness (QED) is 0.262. The van der Waals surface area contributed by atoms with E-state index in [-0.39, 0.29) is 39.2 Å². The van der Waals surface area contributed by atoms with Gasteiger partial charge in [0.05, 0.1) is 20.5 Å². The minimum absolute atomic E-state index is 0.0259. The maximum Gasteiger partial charge on any atom is 0.326 e. The van der Waals surface area contributed by atoms with Crippen LogP contribution < -0.4 is 10.6 Å². The molecule has 1 atom stereocenters. The van der Waals surface area contributed by atoms with Crippen LogP contribution in [0.1, 0.15) is 27.0 Å². The van der Waals surface area contributed by atoms with E-state index < -0.39 is 33.7 Å². The van der Waals surface area contributed by atoms with Crippen molar-refractivity contribution >= 4 is 56.9 Å². The van der Waals surface area contributed by atoms with E-state index in [1.807, 2.05) is 0 Å². The van der Waals surface area contributed by atoms with E-state index in [0.29, 0.717) is 16.7 Å². The summed E-state index contributed by atoms with van der Waals surface area (Å²) in [5.74, 6) is -2.59. The fraction of sp³-hybridized carbons (Fsp3) is 0.148. The number of para-hydroxylation sites is 1. The Morgan fingerprint density at radius 2 is 1.64 bits per heavy atom. The predicted octanol–water partition coefficient (Wildman–Crippen LogP) is 3.86. The van der Waals surface area contributed by atoms with Gasteiger partial charge in [-0.15, -0.1) is 0 Å². The molecule has 4 N–H and O–H groups in total. The molecule has 39 heavy (non-hydrogen) atoms. The van der Waals surface area contributed by atoms with Crippen LogP contribution in [0.15, 0.2) is 71.6 Å². The number of aliphatic carboxylic acids is 1. The van der Waals surface area contributed by atoms with E-state index in [2.05, 4.69) is 10.6 Å². The molecule has 0 aromatic heterocycles. The minimum atomic E-state index is -3.50. The molecule has 204 valence electrons. The lowest BCUT2D eigenvalue weighted by atomic mass is 10.0. The monoisotopic (exact) mass is 590 g/mol. The number of nitrogens with one attached hydrogen (secondary N) is 2. The number of hydrogen-bond donors (Lipinski definition) is 4. The first-order chi connectivity index (χ1) is 18.3. The van der Waals surface area contributed by atoms with Crippen molar-refractivity contribution in [2.75, 3.05) is 6.26 Å². The summed E-state index contributed by atoms with van der Waals surface area (Å²) in [5.41, 5.74) is 1.20. The number of hydrogen-bond acceptors (Lipinski definition) is 6. The van der Waals surface area contributed by atoms with Crippen molar-refractivity contribution in [3.8, 4) is 5.75 Å². The van der Waals surface area contributed by atoms with Crippen molar-refractivity contribution in [1.29, 1.82) is 0 Å². The molecular formula is C27H24Cl2N2O7S. The van der Waals surface area contributed by atoms with Crippen LogP contribution in [0.5, 0.6) is 5.75 Å². The highest BCUT2D eigenvalue weighted by molar-refractivity contribution is 7.90. The third-order valence-electron chi connectivity index (χ3n) is 5.52. The molecule has 9 nitrogen and oxygen atoms in total. The average Bonchev–Trinajstić information content (AvgIpc) is 2.86. The van der Waals surface area contributed by atoms with E-state index >= 15 is 0 Å². The standard InChI is InChI=1S/C27H24Cl2N2O7S/c1-39(37,38)19-7-4-5-16(11-19)14-22(27(35)36)31-26(34)25-20(28)12-17(13-21(25)29)15-30-24(33)10-9-18-6-2-3-8-23(18)32/h2-13,22,32H,14-15H2,1H3,(H,30,33)(H,31,34)(H,35,36)/t22-/m0/s1. The average molecular weight is 591 g/mol. The van der Waals surface area contributed by atoms with Gasteiger partial charge in [0.15, 0.2) is 9.84 Å². The third kappa shape index (κ3) is 8.31. The molecule has 0 bridgehead atoms. The second-order valence-corrected chi connectivity index (χ2v) is 11.4. The minimum Gasteiger partial charge on any atom is -0.507 e. The zero-order chi connectivity index (χ0) is 28.7. The molecule has 0 radical (unpaired) electrons. The van der Waals surface area contributed by atoms with Gasteiger partial charge in [0.25, 0.3) is 5.91 Å². The molecule has 0 spiro atoms. The van der Waals surface area contributed by atoms with E-state index in [0.717, 1.165) is 6.26 Å². The van der Waals surface area contributed by atoms with E-state index in [1.165, 1.54) is 48.6 Å². The van der Waals surface area contributed by atoms with Crippen LogP contribution in [0.25, 0.3) is 6.08 Å². The summed E-state index contributed by atoms with van der Waals surface area (Å²) in [5, 5.41) is 24.3. The smallest absolute Gasteiger partial charge is 0.326 e. The van der Waals surface area contributed by atoms with Crippen molar-refractivity contribution in [1.82, 2.24) is 10.6 Å². The molecule has 3 aromatic rings. The molecule has 0 aliphatic rings. The van der Waals surface area contributed by atoms with Crippen LogP contribution in [-0.2, 0) is 32.4 Å². The first kappa shape index (κ1) is 29.7. The summed E-state index contributed by atoms with van der Waals surface area (Å²) >= 11 is 12.6. The Kier molecular flexibility index (Phi) is 9.74. The fourth-order valence-electron chi connectivity index (χ4n) is 3.56. The predicted molar refractivity (Wildman–Crippen MR) is 148 cm³/mol. The Morgan fingerprint density at radius 1 is 0.974 bits per heavy atom. The van der Waals surface area contributed by atoms with E-state index in [1.54, 1.807) is 24.3 Å². The lowest BCUT2D eigenvalue weighted by Crippen LogP contribution is -2.42. The van der Waals surface area contributed by atoms with E-state index in [9.17, 15) is 33.0 Å². The number of phenols is 1. The highest BCUT2D eigenvalue weighted by atomic mass is 35.5. The van der Waals surface area contributed by atoms with Crippen molar-refractivity contribution in [3.05, 3.63) is 99.0 Å². The summed E-state index contributed by atoms with van der Waals surface area (Å²) in [6.45, 7) is 0.0275. The number of carboxylic acids is 1. The second kappa shape index (κ2) is 12.8. The van der Waals surface area contributed by atoms with E-state index in [4.69, 9.17) is 23.2 Å². The number of phenolic OH excluding ortho intramolecular Hbond substituents is 1. The summed E-state index contributed by atoms with van der Waals surface area (Å²) < 4.78 is 23.6. The van der Waals surface area contributed by atoms with Crippen molar-refractivity contribution in [2.45, 2.75) is 23.9 Å². The molecule has 0 unspecified atom stereocenters. The molecule has 3 rings (SSSR count). The van der Waals surface area contributed by atoms with Crippen LogP contribution in [0.4, 0.5) is 0 Å². The largest absolute Gasteiger partial charge is 0.507 e. The lowest BCUT2D eigenvalue weighted by Gasteiger charge is -2.17. The number of carbonyl (C=O) groups excluding carboxylic acids is 2. The summed E-state index contributed by atoms with van der Waals surface area (Å²) in [6, 6.07) is 13.7. The third-order valence-corrected chi connectivity index (χ3v) is 7.22. The SMILES string of the molecule is CS(=O)(=O)c1cccc(C[C@H](NC(=O)c2c(Cl)cc(CNC(=O)C=Cc3ccccc3O)cc2Cl)C(=O)O)c1. The van der Waals surface area contributed by atoms with Crippen molar-refractivity contribution in [2.24, 2.45) is 0 Å². The number of halogens is 2. The second-order valence-electron chi connectivity index (χ2n) is 8.53. The van der Waals surface area contributed by atoms with Gasteiger partial charge < -0.3 is 20.8 Å². The van der Waals surface area contributed by atoms with Gasteiger partial charge in [-0.2, -0.15) is 0 Å². The molecule has 2 amide bonds. The normalized spacial score (nSPS) is 12.2. The first-order valence-electron chi connectivity index (χ1n) is 11.4. The molecule has 12 heteroatoms. The molecule has 3 aromatic carbocycles. The fourth-order valence-corrected chi connectivity index (χ4v) is 4.95. The molecular weight excluding hydrogens is 567 g/mol. The van der Waals surface area contributed by atoms with Crippen LogP contribution in [0, 0.1) is 0 Å². The highest BCUT2D eigenvalue weighted by Crippen LogP contribution is 2.27. The van der Waals surface area contributed by atoms with Gasteiger partial charge in [-0.3, -0.25) is 9.59 Å². The number of benzene rings is 3. The maximum absolute atomic E-state index is 12.9. The summed E-state index contributed by atoms with van der Waals surface area (Å²) in [7, 11) is -3.50. The molecule has 0 heterocycles. The van der Waals surface area contributed by atoms with Gasteiger partial charge in [0.1, 0.15) is 11.8 Å². The maximum atomic E-state index is 12.9. The Morgan fingerprint density at radius 3 is 2.26 bits per heavy atom. The highest BCUT2D eigenvalue weighted by Gasteiger charge is 2.25. The van der Waals surface area contributed by atoms with Gasteiger partial charge in [0, 0.05) is 30.9 Å². The Hall–Kier alpha value is -3.86. The van der Waals surface area contributed by atoms with Crippen LogP contribution in [0.2, 0.25) is 10.0 Å². The number of amides is 2. The first-order valence-corrected chi connectivity index (χ1v) is 14.0. The Bertz CT molecular complexity index is 1530. The van der Waals surface area contributed by atoms with Gasteiger partial charge in [-0.05, 0) is 47.5 Å². The topological polar surface area (TPSA) is 150 Å². The van der Waals surface area contributed by atoms with Crippen LogP contribution in [0.3, 0.4) is 0 Å². The van der Waals surface area contributed by atoms with Gasteiger partial charge in [-0.1, -0.05) is 53.5 Å². The molecule has 0 saturated carbocycles. The Balaban J connectivity index is 1.68. The number of rotatable bonds is 10. The lowest BCUT2D eigenvalue weighted by molar-refractivity contribution is -0.139. The summed E-state index contributed by atoms with van der Waals surface area (Å²) in [4.78, 5) is 36.9. The van der Waals surface area contributed by atoms with Crippen molar-refractivity contribution < 1.29 is 33.0 Å².